The van der Waals surface area contributed by atoms with Gasteiger partial charge in [0, 0.05) is 18.7 Å². The summed E-state index contributed by atoms with van der Waals surface area (Å²) in [6, 6.07) is 15.3. The largest absolute Gasteiger partial charge is 0.423 e. The molecule has 0 radical (unpaired) electrons. The molecule has 2 aromatic carbocycles. The number of aryl methyl sites for hydroxylation is 1. The van der Waals surface area contributed by atoms with Gasteiger partial charge in [0.05, 0.1) is 10.5 Å². The number of esters is 1. The lowest BCUT2D eigenvalue weighted by Gasteiger charge is -2.17. The number of hydrogen-bond acceptors (Lipinski definition) is 4. The number of carbonyl (C=O) groups is 1. The Kier molecular flexibility index (Phi) is 5.06. The molecule has 3 rings (SSSR count). The van der Waals surface area contributed by atoms with E-state index in [1.165, 1.54) is 4.31 Å². The molecule has 0 bridgehead atoms. The molecule has 0 N–H and O–H groups in total. The van der Waals surface area contributed by atoms with Crippen molar-refractivity contribution in [2.45, 2.75) is 11.8 Å². The van der Waals surface area contributed by atoms with Gasteiger partial charge in [-0.25, -0.2) is 13.2 Å². The van der Waals surface area contributed by atoms with Crippen molar-refractivity contribution < 1.29 is 17.9 Å². The first-order valence-corrected chi connectivity index (χ1v) is 9.54. The van der Waals surface area contributed by atoms with Gasteiger partial charge in [-0.2, -0.15) is 4.31 Å². The van der Waals surface area contributed by atoms with Crippen molar-refractivity contribution >= 4 is 16.0 Å². The zero-order chi connectivity index (χ0) is 18.7. The summed E-state index contributed by atoms with van der Waals surface area (Å²) in [5.41, 5.74) is 1.99. The van der Waals surface area contributed by atoms with Gasteiger partial charge in [0.15, 0.2) is 0 Å². The van der Waals surface area contributed by atoms with E-state index in [1.807, 2.05) is 6.92 Å². The van der Waals surface area contributed by atoms with Crippen LogP contribution in [0.5, 0.6) is 0 Å². The van der Waals surface area contributed by atoms with Gasteiger partial charge in [-0.05, 0) is 31.2 Å². The lowest BCUT2D eigenvalue weighted by molar-refractivity contribution is 0.0633. The summed E-state index contributed by atoms with van der Waals surface area (Å²) < 4.78 is 32.0. The fourth-order valence-corrected chi connectivity index (χ4v) is 3.94. The third-order valence-corrected chi connectivity index (χ3v) is 5.96. The minimum Gasteiger partial charge on any atom is -0.423 e. The fourth-order valence-electron chi connectivity index (χ4n) is 2.59. The standard InChI is InChI=1S/C20H19NO4S/c1-15-8-10-19(11-9-15)26(23,24)21-13-12-18(14-21)16(2)25-20(22)17-6-4-3-5-7-17/h3-12H,2,13-14H2,1H3. The van der Waals surface area contributed by atoms with Crippen LogP contribution in [-0.4, -0.2) is 31.8 Å². The van der Waals surface area contributed by atoms with Gasteiger partial charge in [0.2, 0.25) is 10.0 Å². The van der Waals surface area contributed by atoms with Crippen molar-refractivity contribution in [2.75, 3.05) is 13.1 Å². The maximum Gasteiger partial charge on any atom is 0.343 e. The predicted molar refractivity (Wildman–Crippen MR) is 99.0 cm³/mol. The Morgan fingerprint density at radius 3 is 2.38 bits per heavy atom. The van der Waals surface area contributed by atoms with Crippen LogP contribution in [0.1, 0.15) is 15.9 Å². The van der Waals surface area contributed by atoms with Crippen LogP contribution in [0, 0.1) is 6.92 Å². The molecular weight excluding hydrogens is 350 g/mol. The molecule has 0 amide bonds. The van der Waals surface area contributed by atoms with Crippen molar-refractivity contribution in [1.29, 1.82) is 0 Å². The number of nitrogens with zero attached hydrogens (tertiary/aromatic N) is 1. The lowest BCUT2D eigenvalue weighted by Crippen LogP contribution is -2.29. The average molecular weight is 369 g/mol. The number of carbonyl (C=O) groups excluding carboxylic acids is 1. The zero-order valence-electron chi connectivity index (χ0n) is 14.4. The molecule has 26 heavy (non-hydrogen) atoms. The topological polar surface area (TPSA) is 63.7 Å². The van der Waals surface area contributed by atoms with Gasteiger partial charge in [0.1, 0.15) is 5.76 Å². The number of rotatable bonds is 5. The molecule has 5 nitrogen and oxygen atoms in total. The molecule has 0 saturated heterocycles. The van der Waals surface area contributed by atoms with Crippen LogP contribution < -0.4 is 0 Å². The Labute approximate surface area is 153 Å². The first-order valence-electron chi connectivity index (χ1n) is 8.10. The zero-order valence-corrected chi connectivity index (χ0v) is 15.2. The van der Waals surface area contributed by atoms with E-state index in [0.717, 1.165) is 5.56 Å². The van der Waals surface area contributed by atoms with Gasteiger partial charge >= 0.3 is 5.97 Å². The highest BCUT2D eigenvalue weighted by Gasteiger charge is 2.29. The first kappa shape index (κ1) is 18.1. The van der Waals surface area contributed by atoms with Crippen molar-refractivity contribution in [2.24, 2.45) is 0 Å². The van der Waals surface area contributed by atoms with Gasteiger partial charge in [0.25, 0.3) is 0 Å². The van der Waals surface area contributed by atoms with Crippen molar-refractivity contribution in [3.05, 3.63) is 89.7 Å². The van der Waals surface area contributed by atoms with Crippen molar-refractivity contribution in [3.8, 4) is 0 Å². The molecule has 0 aliphatic carbocycles. The van der Waals surface area contributed by atoms with Crippen LogP contribution >= 0.6 is 0 Å². The number of benzene rings is 2. The average Bonchev–Trinajstić information content (AvgIpc) is 3.14. The monoisotopic (exact) mass is 369 g/mol. The molecule has 0 spiro atoms. The molecular formula is C20H19NO4S. The Morgan fingerprint density at radius 1 is 1.08 bits per heavy atom. The Hall–Kier alpha value is -2.70. The van der Waals surface area contributed by atoms with Gasteiger partial charge < -0.3 is 4.74 Å². The molecule has 6 heteroatoms. The Bertz CT molecular complexity index is 961. The summed E-state index contributed by atoms with van der Waals surface area (Å²) in [5, 5.41) is 0. The summed E-state index contributed by atoms with van der Waals surface area (Å²) in [6.45, 7) is 6.01. The smallest absolute Gasteiger partial charge is 0.343 e. The molecule has 0 atom stereocenters. The second-order valence-electron chi connectivity index (χ2n) is 6.02. The van der Waals surface area contributed by atoms with E-state index < -0.39 is 16.0 Å². The van der Waals surface area contributed by atoms with E-state index >= 15 is 0 Å². The molecule has 134 valence electrons. The number of sulfonamides is 1. The highest BCUT2D eigenvalue weighted by Crippen LogP contribution is 2.25. The molecule has 1 aliphatic heterocycles. The van der Waals surface area contributed by atoms with Gasteiger partial charge in [-0.1, -0.05) is 48.6 Å². The van der Waals surface area contributed by atoms with E-state index in [1.54, 1.807) is 60.7 Å². The van der Waals surface area contributed by atoms with Gasteiger partial charge in [-0.3, -0.25) is 0 Å². The highest BCUT2D eigenvalue weighted by atomic mass is 32.2. The summed E-state index contributed by atoms with van der Waals surface area (Å²) in [6.07, 6.45) is 1.71. The molecule has 1 heterocycles. The van der Waals surface area contributed by atoms with Gasteiger partial charge in [-0.15, -0.1) is 0 Å². The summed E-state index contributed by atoms with van der Waals surface area (Å²) in [5.74, 6) is -0.350. The first-order chi connectivity index (χ1) is 12.4. The molecule has 1 aliphatic rings. The van der Waals surface area contributed by atoms with Crippen LogP contribution in [0.15, 0.2) is 83.5 Å². The van der Waals surface area contributed by atoms with Crippen LogP contribution in [-0.2, 0) is 14.8 Å². The number of hydrogen-bond donors (Lipinski definition) is 0. The quantitative estimate of drug-likeness (QED) is 0.599. The van der Waals surface area contributed by atoms with Crippen molar-refractivity contribution in [1.82, 2.24) is 4.31 Å². The fraction of sp³-hybridized carbons (Fsp3) is 0.150. The lowest BCUT2D eigenvalue weighted by atomic mass is 10.2. The second-order valence-corrected chi connectivity index (χ2v) is 7.96. The minimum atomic E-state index is -3.60. The van der Waals surface area contributed by atoms with Crippen LogP contribution in [0.25, 0.3) is 0 Å². The SMILES string of the molecule is C=C(OC(=O)c1ccccc1)C1=CCN(S(=O)(=O)c2ccc(C)cc2)C1. The van der Waals surface area contributed by atoms with E-state index in [2.05, 4.69) is 6.58 Å². The summed E-state index contributed by atoms with van der Waals surface area (Å²) in [4.78, 5) is 12.3. The van der Waals surface area contributed by atoms with Crippen LogP contribution in [0.3, 0.4) is 0 Å². The third-order valence-electron chi connectivity index (χ3n) is 4.13. The highest BCUT2D eigenvalue weighted by molar-refractivity contribution is 7.89. The van der Waals surface area contributed by atoms with E-state index in [9.17, 15) is 13.2 Å². The maximum absolute atomic E-state index is 12.7. The maximum atomic E-state index is 12.7. The predicted octanol–water partition coefficient (Wildman–Crippen LogP) is 3.30. The van der Waals surface area contributed by atoms with Crippen LogP contribution in [0.4, 0.5) is 0 Å². The Balaban J connectivity index is 1.67. The molecule has 0 unspecified atom stereocenters. The van der Waals surface area contributed by atoms with Crippen molar-refractivity contribution in [3.63, 3.8) is 0 Å². The summed E-state index contributed by atoms with van der Waals surface area (Å²) in [7, 11) is -3.60. The second kappa shape index (κ2) is 7.27. The molecule has 2 aromatic rings. The van der Waals surface area contributed by atoms with Crippen LogP contribution in [0.2, 0.25) is 0 Å². The molecule has 0 saturated carbocycles. The number of ether oxygens (including phenoxy) is 1. The Morgan fingerprint density at radius 2 is 1.73 bits per heavy atom. The molecule has 0 fully saturated rings. The van der Waals surface area contributed by atoms with E-state index in [4.69, 9.17) is 4.74 Å². The molecule has 0 aromatic heterocycles. The van der Waals surface area contributed by atoms with E-state index in [-0.39, 0.29) is 23.7 Å². The summed E-state index contributed by atoms with van der Waals surface area (Å²) >= 11 is 0. The minimum absolute atomic E-state index is 0.122. The third kappa shape index (κ3) is 3.76. The normalized spacial score (nSPS) is 14.7. The van der Waals surface area contributed by atoms with E-state index in [0.29, 0.717) is 11.1 Å².